The van der Waals surface area contributed by atoms with E-state index in [0.717, 1.165) is 48.5 Å². The maximum atomic E-state index is 12.1. The number of fused-ring (bicyclic) bond motifs is 1. The maximum Gasteiger partial charge on any atom is 0.254 e. The first-order valence-corrected chi connectivity index (χ1v) is 6.84. The molecule has 4 nitrogen and oxygen atoms in total. The normalized spacial score (nSPS) is 14.7. The van der Waals surface area contributed by atoms with E-state index in [1.54, 1.807) is 6.20 Å². The summed E-state index contributed by atoms with van der Waals surface area (Å²) in [5.41, 5.74) is 2.85. The summed E-state index contributed by atoms with van der Waals surface area (Å²) in [5, 5.41) is 0. The lowest BCUT2D eigenvalue weighted by Gasteiger charge is -2.07. The number of rotatable bonds is 2. The number of hydrogen-bond acceptors (Lipinski definition) is 3. The van der Waals surface area contributed by atoms with Gasteiger partial charge in [0.1, 0.15) is 5.82 Å². The van der Waals surface area contributed by atoms with Crippen LogP contribution in [-0.2, 0) is 19.3 Å². The molecule has 1 N–H and O–H groups in total. The van der Waals surface area contributed by atoms with Crippen LogP contribution in [0.4, 0.5) is 0 Å². The van der Waals surface area contributed by atoms with Gasteiger partial charge in [-0.3, -0.25) is 9.78 Å². The minimum Gasteiger partial charge on any atom is -0.310 e. The van der Waals surface area contributed by atoms with Crippen molar-refractivity contribution in [2.75, 3.05) is 0 Å². The summed E-state index contributed by atoms with van der Waals surface area (Å²) in [6.07, 6.45) is 7.55. The molecule has 0 saturated heterocycles. The van der Waals surface area contributed by atoms with Gasteiger partial charge in [-0.2, -0.15) is 0 Å². The molecule has 3 rings (SSSR count). The zero-order valence-corrected chi connectivity index (χ0v) is 10.9. The van der Waals surface area contributed by atoms with Crippen LogP contribution >= 0.6 is 0 Å². The van der Waals surface area contributed by atoms with Crippen molar-refractivity contribution in [2.24, 2.45) is 0 Å². The Morgan fingerprint density at radius 2 is 2.05 bits per heavy atom. The molecule has 0 radical (unpaired) electrons. The van der Waals surface area contributed by atoms with Gasteiger partial charge in [0.25, 0.3) is 5.56 Å². The smallest absolute Gasteiger partial charge is 0.254 e. The zero-order chi connectivity index (χ0) is 13.1. The SMILES string of the molecule is O=c1[nH]c(Cc2ccccn2)nc2c1CCCCC2. The quantitative estimate of drug-likeness (QED) is 0.835. The molecule has 0 atom stereocenters. The molecule has 19 heavy (non-hydrogen) atoms. The van der Waals surface area contributed by atoms with Gasteiger partial charge in [0.05, 0.1) is 5.69 Å². The summed E-state index contributed by atoms with van der Waals surface area (Å²) in [6, 6.07) is 5.78. The molecule has 2 heterocycles. The number of nitrogens with zero attached hydrogens (tertiary/aromatic N) is 2. The highest BCUT2D eigenvalue weighted by molar-refractivity contribution is 5.21. The zero-order valence-electron chi connectivity index (χ0n) is 10.9. The number of H-pyrrole nitrogens is 1. The highest BCUT2D eigenvalue weighted by Gasteiger charge is 2.14. The number of aryl methyl sites for hydroxylation is 1. The minimum absolute atomic E-state index is 0.0397. The fraction of sp³-hybridized carbons (Fsp3) is 0.400. The molecule has 0 saturated carbocycles. The predicted octanol–water partition coefficient (Wildman–Crippen LogP) is 2.02. The summed E-state index contributed by atoms with van der Waals surface area (Å²) in [6.45, 7) is 0. The first-order valence-electron chi connectivity index (χ1n) is 6.84. The molecule has 4 heteroatoms. The fourth-order valence-corrected chi connectivity index (χ4v) is 2.59. The Balaban J connectivity index is 1.93. The van der Waals surface area contributed by atoms with Crippen LogP contribution in [0, 0.1) is 0 Å². The van der Waals surface area contributed by atoms with E-state index in [0.29, 0.717) is 6.42 Å². The lowest BCUT2D eigenvalue weighted by atomic mass is 10.1. The average molecular weight is 255 g/mol. The molecule has 1 aliphatic rings. The van der Waals surface area contributed by atoms with Crippen molar-refractivity contribution in [3.05, 3.63) is 57.5 Å². The van der Waals surface area contributed by atoms with Gasteiger partial charge in [0.2, 0.25) is 0 Å². The van der Waals surface area contributed by atoms with Crippen molar-refractivity contribution < 1.29 is 0 Å². The van der Waals surface area contributed by atoms with E-state index in [4.69, 9.17) is 0 Å². The van der Waals surface area contributed by atoms with Crippen LogP contribution in [0.25, 0.3) is 0 Å². The van der Waals surface area contributed by atoms with Crippen molar-refractivity contribution in [3.63, 3.8) is 0 Å². The second-order valence-electron chi connectivity index (χ2n) is 5.00. The summed E-state index contributed by atoms with van der Waals surface area (Å²) in [5.74, 6) is 0.726. The van der Waals surface area contributed by atoms with Gasteiger partial charge >= 0.3 is 0 Å². The lowest BCUT2D eigenvalue weighted by Crippen LogP contribution is -2.20. The Morgan fingerprint density at radius 3 is 2.89 bits per heavy atom. The summed E-state index contributed by atoms with van der Waals surface area (Å²) < 4.78 is 0. The van der Waals surface area contributed by atoms with E-state index < -0.39 is 0 Å². The third kappa shape index (κ3) is 2.72. The van der Waals surface area contributed by atoms with Crippen LogP contribution in [-0.4, -0.2) is 15.0 Å². The maximum absolute atomic E-state index is 12.1. The molecule has 0 fully saturated rings. The molecule has 2 aromatic rings. The second-order valence-corrected chi connectivity index (χ2v) is 5.00. The molecule has 0 bridgehead atoms. The Kier molecular flexibility index (Phi) is 3.40. The lowest BCUT2D eigenvalue weighted by molar-refractivity contribution is 0.708. The number of hydrogen-bond donors (Lipinski definition) is 1. The van der Waals surface area contributed by atoms with Crippen LogP contribution in [0.2, 0.25) is 0 Å². The molecule has 1 aliphatic carbocycles. The highest BCUT2D eigenvalue weighted by Crippen LogP contribution is 2.16. The molecule has 0 aliphatic heterocycles. The monoisotopic (exact) mass is 255 g/mol. The van der Waals surface area contributed by atoms with E-state index >= 15 is 0 Å². The van der Waals surface area contributed by atoms with Crippen molar-refractivity contribution in [2.45, 2.75) is 38.5 Å². The van der Waals surface area contributed by atoms with Crippen LogP contribution in [0.3, 0.4) is 0 Å². The van der Waals surface area contributed by atoms with Gasteiger partial charge in [-0.15, -0.1) is 0 Å². The van der Waals surface area contributed by atoms with Gasteiger partial charge in [-0.05, 0) is 37.8 Å². The number of aromatic nitrogens is 3. The average Bonchev–Trinajstić information content (AvgIpc) is 2.65. The molecular weight excluding hydrogens is 238 g/mol. The van der Waals surface area contributed by atoms with Crippen molar-refractivity contribution in [1.29, 1.82) is 0 Å². The third-order valence-electron chi connectivity index (χ3n) is 3.57. The van der Waals surface area contributed by atoms with E-state index in [1.165, 1.54) is 6.42 Å². The first kappa shape index (κ1) is 12.1. The Morgan fingerprint density at radius 1 is 1.16 bits per heavy atom. The number of nitrogens with one attached hydrogen (secondary N) is 1. The van der Waals surface area contributed by atoms with Crippen LogP contribution < -0.4 is 5.56 Å². The fourth-order valence-electron chi connectivity index (χ4n) is 2.59. The number of pyridine rings is 1. The summed E-state index contributed by atoms with van der Waals surface area (Å²) in [7, 11) is 0. The van der Waals surface area contributed by atoms with Gasteiger partial charge in [-0.25, -0.2) is 4.98 Å². The van der Waals surface area contributed by atoms with E-state index in [-0.39, 0.29) is 5.56 Å². The molecule has 0 spiro atoms. The third-order valence-corrected chi connectivity index (χ3v) is 3.57. The van der Waals surface area contributed by atoms with Gasteiger partial charge < -0.3 is 4.98 Å². The van der Waals surface area contributed by atoms with Crippen LogP contribution in [0.5, 0.6) is 0 Å². The van der Waals surface area contributed by atoms with Crippen molar-refractivity contribution >= 4 is 0 Å². The standard InChI is InChI=1S/C15H17N3O/c19-15-12-7-2-1-3-8-13(12)17-14(18-15)10-11-6-4-5-9-16-11/h4-6,9H,1-3,7-8,10H2,(H,17,18,19). The first-order chi connectivity index (χ1) is 9.33. The number of aromatic amines is 1. The Hall–Kier alpha value is -1.97. The van der Waals surface area contributed by atoms with Crippen LogP contribution in [0.15, 0.2) is 29.2 Å². The second kappa shape index (κ2) is 5.34. The molecule has 0 aromatic carbocycles. The van der Waals surface area contributed by atoms with Gasteiger partial charge in [0.15, 0.2) is 0 Å². The largest absolute Gasteiger partial charge is 0.310 e. The Labute approximate surface area is 111 Å². The molecular formula is C15H17N3O. The minimum atomic E-state index is 0.0397. The van der Waals surface area contributed by atoms with Crippen molar-refractivity contribution in [3.8, 4) is 0 Å². The Bertz CT molecular complexity index is 619. The highest BCUT2D eigenvalue weighted by atomic mass is 16.1. The topological polar surface area (TPSA) is 58.6 Å². The summed E-state index contributed by atoms with van der Waals surface area (Å²) in [4.78, 5) is 23.9. The molecule has 0 unspecified atom stereocenters. The molecule has 0 amide bonds. The van der Waals surface area contributed by atoms with Gasteiger partial charge in [0, 0.05) is 23.9 Å². The van der Waals surface area contributed by atoms with E-state index in [2.05, 4.69) is 15.0 Å². The predicted molar refractivity (Wildman–Crippen MR) is 73.2 cm³/mol. The van der Waals surface area contributed by atoms with Gasteiger partial charge in [-0.1, -0.05) is 12.5 Å². The summed E-state index contributed by atoms with van der Waals surface area (Å²) >= 11 is 0. The van der Waals surface area contributed by atoms with Crippen molar-refractivity contribution in [1.82, 2.24) is 15.0 Å². The van der Waals surface area contributed by atoms with E-state index in [9.17, 15) is 4.79 Å². The van der Waals surface area contributed by atoms with E-state index in [1.807, 2.05) is 18.2 Å². The molecule has 2 aromatic heterocycles. The molecule has 98 valence electrons. The van der Waals surface area contributed by atoms with Crippen LogP contribution in [0.1, 0.15) is 42.0 Å².